The summed E-state index contributed by atoms with van der Waals surface area (Å²) in [5, 5.41) is 2.25. The van der Waals surface area contributed by atoms with Gasteiger partial charge >= 0.3 is 0 Å². The summed E-state index contributed by atoms with van der Waals surface area (Å²) in [4.78, 5) is 3.04. The highest BCUT2D eigenvalue weighted by molar-refractivity contribution is 9.10. The van der Waals surface area contributed by atoms with Gasteiger partial charge in [0.25, 0.3) is 0 Å². The van der Waals surface area contributed by atoms with Crippen LogP contribution >= 0.6 is 15.9 Å². The summed E-state index contributed by atoms with van der Waals surface area (Å²) in [6.07, 6.45) is 3.88. The standard InChI is InChI=1S/C9H8BrNO/c1-12-9-3-2-8(10)6-4-11-5-7(6)9/h2-5,11H,1H3. The third-order valence-electron chi connectivity index (χ3n) is 1.87. The summed E-state index contributed by atoms with van der Waals surface area (Å²) >= 11 is 3.46. The summed E-state index contributed by atoms with van der Waals surface area (Å²) in [5.41, 5.74) is 0. The van der Waals surface area contributed by atoms with E-state index < -0.39 is 0 Å². The Morgan fingerprint density at radius 1 is 1.25 bits per heavy atom. The molecule has 0 aliphatic heterocycles. The average Bonchev–Trinajstić information content (AvgIpc) is 2.54. The highest BCUT2D eigenvalue weighted by Crippen LogP contribution is 2.30. The van der Waals surface area contributed by atoms with Crippen molar-refractivity contribution in [3.8, 4) is 5.75 Å². The first-order chi connectivity index (χ1) is 5.83. The molecule has 0 aliphatic rings. The zero-order chi connectivity index (χ0) is 8.55. The SMILES string of the molecule is COc1ccc(Br)c2c[nH]cc12. The number of hydrogen-bond acceptors (Lipinski definition) is 1. The average molecular weight is 226 g/mol. The summed E-state index contributed by atoms with van der Waals surface area (Å²) in [6.45, 7) is 0. The fourth-order valence-corrected chi connectivity index (χ4v) is 1.73. The van der Waals surface area contributed by atoms with E-state index in [9.17, 15) is 0 Å². The van der Waals surface area contributed by atoms with Crippen LogP contribution in [0.15, 0.2) is 29.0 Å². The molecule has 62 valence electrons. The second-order valence-electron chi connectivity index (χ2n) is 2.53. The van der Waals surface area contributed by atoms with Crippen LogP contribution in [0.5, 0.6) is 5.75 Å². The van der Waals surface area contributed by atoms with Crippen molar-refractivity contribution in [2.75, 3.05) is 7.11 Å². The molecule has 0 bridgehead atoms. The van der Waals surface area contributed by atoms with Gasteiger partial charge in [0, 0.05) is 27.6 Å². The van der Waals surface area contributed by atoms with E-state index in [-0.39, 0.29) is 0 Å². The first-order valence-corrected chi connectivity index (χ1v) is 4.41. The Balaban J connectivity index is 2.82. The Labute approximate surface area is 78.7 Å². The van der Waals surface area contributed by atoms with Gasteiger partial charge in [0.05, 0.1) is 7.11 Å². The number of methoxy groups -OCH3 is 1. The minimum absolute atomic E-state index is 0.898. The molecule has 2 aromatic rings. The number of aromatic amines is 1. The molecule has 1 heterocycles. The molecule has 2 rings (SSSR count). The van der Waals surface area contributed by atoms with Crippen LogP contribution in [-0.4, -0.2) is 12.1 Å². The molecule has 12 heavy (non-hydrogen) atoms. The fourth-order valence-electron chi connectivity index (χ4n) is 1.27. The number of fused-ring (bicyclic) bond motifs is 1. The molecule has 0 spiro atoms. The molecule has 0 amide bonds. The summed E-state index contributed by atoms with van der Waals surface area (Å²) in [5.74, 6) is 0.898. The molecule has 0 unspecified atom stereocenters. The fraction of sp³-hybridized carbons (Fsp3) is 0.111. The van der Waals surface area contributed by atoms with Gasteiger partial charge in [0.2, 0.25) is 0 Å². The highest BCUT2D eigenvalue weighted by atomic mass is 79.9. The van der Waals surface area contributed by atoms with Crippen molar-refractivity contribution in [2.45, 2.75) is 0 Å². The van der Waals surface area contributed by atoms with Gasteiger partial charge in [-0.05, 0) is 12.1 Å². The largest absolute Gasteiger partial charge is 0.496 e. The zero-order valence-electron chi connectivity index (χ0n) is 6.60. The van der Waals surface area contributed by atoms with Gasteiger partial charge in [-0.1, -0.05) is 15.9 Å². The number of halogens is 1. The number of ether oxygens (including phenoxy) is 1. The van der Waals surface area contributed by atoms with Crippen LogP contribution in [0.25, 0.3) is 10.8 Å². The quantitative estimate of drug-likeness (QED) is 0.794. The third-order valence-corrected chi connectivity index (χ3v) is 2.56. The van der Waals surface area contributed by atoms with Gasteiger partial charge < -0.3 is 9.72 Å². The van der Waals surface area contributed by atoms with Crippen molar-refractivity contribution in [1.82, 2.24) is 4.98 Å². The lowest BCUT2D eigenvalue weighted by Crippen LogP contribution is -1.82. The second kappa shape index (κ2) is 2.83. The maximum atomic E-state index is 5.20. The van der Waals surface area contributed by atoms with Crippen molar-refractivity contribution in [3.63, 3.8) is 0 Å². The molecule has 1 aromatic carbocycles. The Bertz CT molecular complexity index is 408. The van der Waals surface area contributed by atoms with E-state index in [0.717, 1.165) is 21.0 Å². The molecule has 0 saturated heterocycles. The number of H-pyrrole nitrogens is 1. The van der Waals surface area contributed by atoms with Crippen LogP contribution in [0.1, 0.15) is 0 Å². The first-order valence-electron chi connectivity index (χ1n) is 3.62. The van der Waals surface area contributed by atoms with Gasteiger partial charge in [-0.3, -0.25) is 0 Å². The number of aromatic nitrogens is 1. The number of hydrogen-bond donors (Lipinski definition) is 1. The van der Waals surface area contributed by atoms with Crippen LogP contribution in [0.2, 0.25) is 0 Å². The maximum Gasteiger partial charge on any atom is 0.128 e. The summed E-state index contributed by atoms with van der Waals surface area (Å²) in [7, 11) is 1.68. The van der Waals surface area contributed by atoms with Crippen LogP contribution < -0.4 is 4.74 Å². The second-order valence-corrected chi connectivity index (χ2v) is 3.39. The minimum Gasteiger partial charge on any atom is -0.496 e. The van der Waals surface area contributed by atoms with Crippen LogP contribution in [-0.2, 0) is 0 Å². The topological polar surface area (TPSA) is 25.0 Å². The zero-order valence-corrected chi connectivity index (χ0v) is 8.18. The Morgan fingerprint density at radius 3 is 2.75 bits per heavy atom. The molecular formula is C9H8BrNO. The van der Waals surface area contributed by atoms with Gasteiger partial charge in [-0.25, -0.2) is 0 Å². The van der Waals surface area contributed by atoms with Crippen molar-refractivity contribution < 1.29 is 4.74 Å². The van der Waals surface area contributed by atoms with Crippen molar-refractivity contribution in [3.05, 3.63) is 29.0 Å². The molecule has 0 saturated carbocycles. The van der Waals surface area contributed by atoms with Gasteiger partial charge in [-0.2, -0.15) is 0 Å². The van der Waals surface area contributed by atoms with E-state index in [1.54, 1.807) is 7.11 Å². The predicted molar refractivity (Wildman–Crippen MR) is 52.6 cm³/mol. The molecule has 0 aliphatic carbocycles. The number of benzene rings is 1. The van der Waals surface area contributed by atoms with E-state index in [2.05, 4.69) is 20.9 Å². The minimum atomic E-state index is 0.898. The van der Waals surface area contributed by atoms with Crippen LogP contribution in [0, 0.1) is 0 Å². The lowest BCUT2D eigenvalue weighted by molar-refractivity contribution is 0.420. The molecule has 0 fully saturated rings. The maximum absolute atomic E-state index is 5.20. The van der Waals surface area contributed by atoms with E-state index in [0.29, 0.717) is 0 Å². The summed E-state index contributed by atoms with van der Waals surface area (Å²) < 4.78 is 6.28. The molecule has 2 nitrogen and oxygen atoms in total. The lowest BCUT2D eigenvalue weighted by atomic mass is 10.2. The van der Waals surface area contributed by atoms with E-state index >= 15 is 0 Å². The van der Waals surface area contributed by atoms with Gasteiger partial charge in [0.1, 0.15) is 5.75 Å². The molecule has 0 atom stereocenters. The molecule has 3 heteroatoms. The Kier molecular flexibility index (Phi) is 1.81. The van der Waals surface area contributed by atoms with Crippen LogP contribution in [0.3, 0.4) is 0 Å². The van der Waals surface area contributed by atoms with E-state index in [1.807, 2.05) is 24.5 Å². The Morgan fingerprint density at radius 2 is 2.00 bits per heavy atom. The Hall–Kier alpha value is -0.960. The first kappa shape index (κ1) is 7.68. The smallest absolute Gasteiger partial charge is 0.128 e. The van der Waals surface area contributed by atoms with Crippen molar-refractivity contribution >= 4 is 26.7 Å². The number of nitrogens with one attached hydrogen (secondary N) is 1. The predicted octanol–water partition coefficient (Wildman–Crippen LogP) is 2.94. The molecule has 0 radical (unpaired) electrons. The summed E-state index contributed by atoms with van der Waals surface area (Å²) in [6, 6.07) is 3.93. The normalized spacial score (nSPS) is 10.5. The molecular weight excluding hydrogens is 218 g/mol. The lowest BCUT2D eigenvalue weighted by Gasteiger charge is -2.01. The number of rotatable bonds is 1. The van der Waals surface area contributed by atoms with E-state index in [4.69, 9.17) is 4.74 Å². The van der Waals surface area contributed by atoms with E-state index in [1.165, 1.54) is 0 Å². The van der Waals surface area contributed by atoms with Gasteiger partial charge in [-0.15, -0.1) is 0 Å². The van der Waals surface area contributed by atoms with Gasteiger partial charge in [0.15, 0.2) is 0 Å². The monoisotopic (exact) mass is 225 g/mol. The van der Waals surface area contributed by atoms with Crippen molar-refractivity contribution in [1.29, 1.82) is 0 Å². The molecule has 1 N–H and O–H groups in total. The van der Waals surface area contributed by atoms with Crippen LogP contribution in [0.4, 0.5) is 0 Å². The molecule has 1 aromatic heterocycles. The highest BCUT2D eigenvalue weighted by Gasteiger charge is 2.03. The third kappa shape index (κ3) is 1.01. The van der Waals surface area contributed by atoms with Crippen molar-refractivity contribution in [2.24, 2.45) is 0 Å².